The van der Waals surface area contributed by atoms with Gasteiger partial charge >= 0.3 is 0 Å². The van der Waals surface area contributed by atoms with Crippen molar-refractivity contribution >= 4 is 11.9 Å². The maximum absolute atomic E-state index is 11.4. The lowest BCUT2D eigenvalue weighted by molar-refractivity contribution is -0.120. The Morgan fingerprint density at radius 2 is 1.42 bits per heavy atom. The first-order chi connectivity index (χ1) is 11.6. The average molecular weight is 342 g/mol. The van der Waals surface area contributed by atoms with Crippen LogP contribution in [0.3, 0.4) is 0 Å². The fourth-order valence-electron chi connectivity index (χ4n) is 2.74. The van der Waals surface area contributed by atoms with Crippen molar-refractivity contribution in [2.75, 3.05) is 13.1 Å². The number of aliphatic imine (C=N–C) groups is 1. The molecular formula is C18H39N5O. The summed E-state index contributed by atoms with van der Waals surface area (Å²) < 4.78 is 0. The second-order valence-electron chi connectivity index (χ2n) is 6.54. The molecule has 1 amide bonds. The molecular weight excluding hydrogens is 302 g/mol. The Morgan fingerprint density at radius 3 is 1.92 bits per heavy atom. The molecule has 0 saturated carbocycles. The molecule has 0 radical (unpaired) electrons. The van der Waals surface area contributed by atoms with Gasteiger partial charge in [-0.2, -0.15) is 0 Å². The highest BCUT2D eigenvalue weighted by Crippen LogP contribution is 2.10. The van der Waals surface area contributed by atoms with Crippen LogP contribution in [0, 0.1) is 0 Å². The molecule has 0 bridgehead atoms. The van der Waals surface area contributed by atoms with E-state index in [0.717, 1.165) is 19.4 Å². The quantitative estimate of drug-likeness (QED) is 0.184. The third-order valence-electron chi connectivity index (χ3n) is 4.21. The second-order valence-corrected chi connectivity index (χ2v) is 6.54. The molecule has 0 rings (SSSR count). The molecule has 0 spiro atoms. The largest absolute Gasteiger partial charge is 0.370 e. The van der Waals surface area contributed by atoms with Gasteiger partial charge in [-0.15, -0.1) is 0 Å². The highest BCUT2D eigenvalue weighted by atomic mass is 16.1. The minimum atomic E-state index is -0.299. The Morgan fingerprint density at radius 1 is 0.875 bits per heavy atom. The van der Waals surface area contributed by atoms with Crippen molar-refractivity contribution in [3.63, 3.8) is 0 Å². The highest BCUT2D eigenvalue weighted by molar-refractivity contribution is 5.79. The van der Waals surface area contributed by atoms with E-state index in [1.54, 1.807) is 0 Å². The Bertz CT molecular complexity index is 329. The number of carbonyl (C=O) groups excluding carboxylic acids is 1. The van der Waals surface area contributed by atoms with Crippen molar-refractivity contribution in [3.05, 3.63) is 0 Å². The Hall–Kier alpha value is -1.30. The van der Waals surface area contributed by atoms with Crippen LogP contribution in [0.1, 0.15) is 84.0 Å². The van der Waals surface area contributed by atoms with Crippen molar-refractivity contribution in [1.29, 1.82) is 0 Å². The molecule has 0 aromatic carbocycles. The molecule has 0 aliphatic rings. The third-order valence-corrected chi connectivity index (χ3v) is 4.21. The predicted octanol–water partition coefficient (Wildman–Crippen LogP) is 2.40. The van der Waals surface area contributed by atoms with Gasteiger partial charge in [0.05, 0.1) is 6.04 Å². The second kappa shape index (κ2) is 16.6. The number of guanidine groups is 1. The van der Waals surface area contributed by atoms with Gasteiger partial charge in [0.1, 0.15) is 0 Å². The van der Waals surface area contributed by atoms with E-state index in [1.807, 2.05) is 0 Å². The predicted molar refractivity (Wildman–Crippen MR) is 103 cm³/mol. The summed E-state index contributed by atoms with van der Waals surface area (Å²) in [4.78, 5) is 15.3. The molecule has 7 N–H and O–H groups in total. The number of rotatable bonds is 17. The fourth-order valence-corrected chi connectivity index (χ4v) is 2.74. The van der Waals surface area contributed by atoms with E-state index >= 15 is 0 Å². The van der Waals surface area contributed by atoms with E-state index in [-0.39, 0.29) is 17.9 Å². The van der Waals surface area contributed by atoms with Crippen LogP contribution in [-0.2, 0) is 4.79 Å². The van der Waals surface area contributed by atoms with Gasteiger partial charge in [0.2, 0.25) is 5.91 Å². The number of nitrogens with one attached hydrogen (secondary N) is 1. The summed E-state index contributed by atoms with van der Waals surface area (Å²) >= 11 is 0. The summed E-state index contributed by atoms with van der Waals surface area (Å²) in [7, 11) is 0. The highest BCUT2D eigenvalue weighted by Gasteiger charge is 2.13. The van der Waals surface area contributed by atoms with Crippen molar-refractivity contribution in [3.8, 4) is 0 Å². The summed E-state index contributed by atoms with van der Waals surface area (Å²) in [6.07, 6.45) is 14.5. The summed E-state index contributed by atoms with van der Waals surface area (Å²) in [5, 5.41) is 3.25. The molecule has 0 aliphatic heterocycles. The molecule has 24 heavy (non-hydrogen) atoms. The number of unbranched alkanes of at least 4 members (excludes halogenated alkanes) is 9. The van der Waals surface area contributed by atoms with Crippen LogP contribution in [-0.4, -0.2) is 31.0 Å². The lowest BCUT2D eigenvalue weighted by Gasteiger charge is -2.14. The molecule has 6 nitrogen and oxygen atoms in total. The van der Waals surface area contributed by atoms with Gasteiger partial charge in [-0.1, -0.05) is 64.7 Å². The normalized spacial score (nSPS) is 12.0. The number of hydrogen-bond acceptors (Lipinski definition) is 3. The monoisotopic (exact) mass is 341 g/mol. The standard InChI is InChI=1S/C18H39N5O/c1-2-3-4-5-6-7-8-9-10-11-14-22-16(17(19)24)13-12-15-23-18(20)21/h16,22H,2-15H2,1H3,(H2,19,24)(H4,20,21,23)/t16-/m0/s1. The zero-order valence-corrected chi connectivity index (χ0v) is 15.6. The van der Waals surface area contributed by atoms with E-state index in [2.05, 4.69) is 17.2 Å². The van der Waals surface area contributed by atoms with Crippen molar-refractivity contribution in [2.24, 2.45) is 22.2 Å². The number of primary amides is 1. The maximum atomic E-state index is 11.4. The van der Waals surface area contributed by atoms with Crippen LogP contribution in [0.2, 0.25) is 0 Å². The van der Waals surface area contributed by atoms with Crippen molar-refractivity contribution in [2.45, 2.75) is 90.0 Å². The minimum Gasteiger partial charge on any atom is -0.370 e. The molecule has 0 heterocycles. The average Bonchev–Trinajstić information content (AvgIpc) is 2.53. The van der Waals surface area contributed by atoms with Gasteiger partial charge in [-0.05, 0) is 25.8 Å². The summed E-state index contributed by atoms with van der Waals surface area (Å²) in [6.45, 7) is 3.62. The van der Waals surface area contributed by atoms with Gasteiger partial charge < -0.3 is 22.5 Å². The topological polar surface area (TPSA) is 120 Å². The zero-order chi connectivity index (χ0) is 18.0. The van der Waals surface area contributed by atoms with Crippen LogP contribution in [0.5, 0.6) is 0 Å². The Kier molecular flexibility index (Phi) is 15.7. The van der Waals surface area contributed by atoms with Gasteiger partial charge in [-0.3, -0.25) is 9.79 Å². The van der Waals surface area contributed by atoms with Gasteiger partial charge in [-0.25, -0.2) is 0 Å². The van der Waals surface area contributed by atoms with Crippen molar-refractivity contribution < 1.29 is 4.79 Å². The SMILES string of the molecule is CCCCCCCCCCCCN[C@@H](CCCN=C(N)N)C(N)=O. The van der Waals surface area contributed by atoms with Gasteiger partial charge in [0.15, 0.2) is 5.96 Å². The molecule has 0 saturated heterocycles. The molecule has 0 unspecified atom stereocenters. The lowest BCUT2D eigenvalue weighted by atomic mass is 10.1. The van der Waals surface area contributed by atoms with E-state index in [9.17, 15) is 4.79 Å². The number of nitrogens with zero attached hydrogens (tertiary/aromatic N) is 1. The fraction of sp³-hybridized carbons (Fsp3) is 0.889. The van der Waals surface area contributed by atoms with Gasteiger partial charge in [0.25, 0.3) is 0 Å². The minimum absolute atomic E-state index is 0.0870. The van der Waals surface area contributed by atoms with Crippen LogP contribution in [0.4, 0.5) is 0 Å². The zero-order valence-electron chi connectivity index (χ0n) is 15.6. The van der Waals surface area contributed by atoms with E-state index in [4.69, 9.17) is 17.2 Å². The summed E-state index contributed by atoms with van der Waals surface area (Å²) in [5.41, 5.74) is 16.0. The van der Waals surface area contributed by atoms with Crippen molar-refractivity contribution in [1.82, 2.24) is 5.32 Å². The number of nitrogens with two attached hydrogens (primary N) is 3. The van der Waals surface area contributed by atoms with Crippen LogP contribution >= 0.6 is 0 Å². The maximum Gasteiger partial charge on any atom is 0.234 e. The molecule has 0 aliphatic carbocycles. The molecule has 1 atom stereocenters. The first kappa shape index (κ1) is 22.7. The first-order valence-corrected chi connectivity index (χ1v) is 9.66. The lowest BCUT2D eigenvalue weighted by Crippen LogP contribution is -2.41. The number of amides is 1. The smallest absolute Gasteiger partial charge is 0.234 e. The molecule has 142 valence electrons. The number of carbonyl (C=O) groups is 1. The molecule has 0 fully saturated rings. The Balaban J connectivity index is 3.50. The first-order valence-electron chi connectivity index (χ1n) is 9.66. The van der Waals surface area contributed by atoms with Crippen LogP contribution in [0.25, 0.3) is 0 Å². The molecule has 0 aromatic rings. The van der Waals surface area contributed by atoms with Crippen LogP contribution in [0.15, 0.2) is 4.99 Å². The summed E-state index contributed by atoms with van der Waals surface area (Å²) in [6, 6.07) is -0.280. The Labute approximate surface area is 148 Å². The van der Waals surface area contributed by atoms with Gasteiger partial charge in [0, 0.05) is 6.54 Å². The van der Waals surface area contributed by atoms with E-state index < -0.39 is 0 Å². The number of hydrogen-bond donors (Lipinski definition) is 4. The summed E-state index contributed by atoms with van der Waals surface area (Å²) in [5.74, 6) is -0.212. The van der Waals surface area contributed by atoms with E-state index in [0.29, 0.717) is 13.0 Å². The molecule has 0 aromatic heterocycles. The van der Waals surface area contributed by atoms with Crippen LogP contribution < -0.4 is 22.5 Å². The third kappa shape index (κ3) is 15.6. The molecule has 6 heteroatoms. The van der Waals surface area contributed by atoms with E-state index in [1.165, 1.54) is 57.8 Å².